The normalized spacial score (nSPS) is 14.9. The van der Waals surface area contributed by atoms with Crippen molar-refractivity contribution >= 4 is 46.6 Å². The number of rotatable bonds is 4. The molecule has 0 saturated heterocycles. The summed E-state index contributed by atoms with van der Waals surface area (Å²) in [6.07, 6.45) is -0.273. The van der Waals surface area contributed by atoms with Gasteiger partial charge >= 0.3 is 12.0 Å². The molecule has 3 aromatic carbocycles. The molecule has 1 aliphatic rings. The van der Waals surface area contributed by atoms with E-state index in [0.29, 0.717) is 22.1 Å². The summed E-state index contributed by atoms with van der Waals surface area (Å²) in [5, 5.41) is 5.91. The van der Waals surface area contributed by atoms with Gasteiger partial charge in [-0.05, 0) is 42.5 Å². The van der Waals surface area contributed by atoms with E-state index in [2.05, 4.69) is 10.6 Å². The Bertz CT molecular complexity index is 1140. The largest absolute Gasteiger partial charge is 0.423 e. The number of amides is 3. The number of fused-ring (bicyclic) bond motifs is 1. The highest BCUT2D eigenvalue weighted by Crippen LogP contribution is 2.35. The van der Waals surface area contributed by atoms with E-state index in [1.807, 2.05) is 6.07 Å². The van der Waals surface area contributed by atoms with E-state index >= 15 is 0 Å². The van der Waals surface area contributed by atoms with Crippen LogP contribution in [0.15, 0.2) is 78.9 Å². The molecule has 1 atom stereocenters. The van der Waals surface area contributed by atoms with Gasteiger partial charge in [0.15, 0.2) is 5.75 Å². The van der Waals surface area contributed by atoms with Crippen molar-refractivity contribution < 1.29 is 19.1 Å². The minimum atomic E-state index is -1.14. The molecule has 0 aliphatic carbocycles. The predicted molar refractivity (Wildman–Crippen MR) is 119 cm³/mol. The number of carbonyl (C=O) groups is 3. The first-order valence-corrected chi connectivity index (χ1v) is 9.90. The molecule has 3 amide bonds. The van der Waals surface area contributed by atoms with E-state index in [0.717, 1.165) is 0 Å². The van der Waals surface area contributed by atoms with Crippen LogP contribution in [0.4, 0.5) is 21.9 Å². The second-order valence-corrected chi connectivity index (χ2v) is 7.27. The zero-order chi connectivity index (χ0) is 21.8. The van der Waals surface area contributed by atoms with Crippen LogP contribution in [-0.2, 0) is 9.59 Å². The van der Waals surface area contributed by atoms with E-state index in [9.17, 15) is 14.4 Å². The average molecular weight is 436 g/mol. The van der Waals surface area contributed by atoms with Crippen molar-refractivity contribution in [3.63, 3.8) is 0 Å². The molecule has 8 heteroatoms. The van der Waals surface area contributed by atoms with Crippen LogP contribution in [0.1, 0.15) is 6.42 Å². The number of benzene rings is 3. The maximum Gasteiger partial charge on any atom is 0.335 e. The topological polar surface area (TPSA) is 87.7 Å². The van der Waals surface area contributed by atoms with Crippen molar-refractivity contribution in [2.75, 3.05) is 15.5 Å². The van der Waals surface area contributed by atoms with Crippen molar-refractivity contribution in [1.82, 2.24) is 0 Å². The molecule has 7 nitrogen and oxygen atoms in total. The molecule has 0 saturated carbocycles. The van der Waals surface area contributed by atoms with Crippen LogP contribution in [0, 0.1) is 0 Å². The van der Waals surface area contributed by atoms with Gasteiger partial charge in [-0.15, -0.1) is 0 Å². The second kappa shape index (κ2) is 8.89. The van der Waals surface area contributed by atoms with Gasteiger partial charge in [0.1, 0.15) is 6.04 Å². The Kier molecular flexibility index (Phi) is 5.86. The molecule has 31 heavy (non-hydrogen) atoms. The second-order valence-electron chi connectivity index (χ2n) is 6.83. The molecule has 1 heterocycles. The number of hydrogen-bond acceptors (Lipinski definition) is 4. The first-order chi connectivity index (χ1) is 15.0. The lowest BCUT2D eigenvalue weighted by Gasteiger charge is -2.34. The Labute approximate surface area is 183 Å². The number of esters is 1. The molecule has 0 spiro atoms. The van der Waals surface area contributed by atoms with E-state index < -0.39 is 23.9 Å². The van der Waals surface area contributed by atoms with Crippen LogP contribution in [0.2, 0.25) is 5.02 Å². The third-order valence-electron chi connectivity index (χ3n) is 4.65. The molecular weight excluding hydrogens is 418 g/mol. The molecule has 3 aromatic rings. The van der Waals surface area contributed by atoms with Crippen molar-refractivity contribution in [1.29, 1.82) is 0 Å². The smallest absolute Gasteiger partial charge is 0.335 e. The number of halogens is 1. The molecule has 1 unspecified atom stereocenters. The van der Waals surface area contributed by atoms with Gasteiger partial charge in [0.05, 0.1) is 12.1 Å². The van der Waals surface area contributed by atoms with Crippen LogP contribution in [0.5, 0.6) is 5.75 Å². The third kappa shape index (κ3) is 4.67. The summed E-state index contributed by atoms with van der Waals surface area (Å²) < 4.78 is 5.38. The lowest BCUT2D eigenvalue weighted by Crippen LogP contribution is -2.53. The van der Waals surface area contributed by atoms with E-state index in [4.69, 9.17) is 16.3 Å². The summed E-state index contributed by atoms with van der Waals surface area (Å²) in [6, 6.07) is 20.4. The summed E-state index contributed by atoms with van der Waals surface area (Å²) in [5.41, 5.74) is 1.44. The Morgan fingerprint density at radius 1 is 0.903 bits per heavy atom. The fourth-order valence-corrected chi connectivity index (χ4v) is 3.47. The summed E-state index contributed by atoms with van der Waals surface area (Å²) in [4.78, 5) is 39.7. The number of carbonyl (C=O) groups excluding carboxylic acids is 3. The van der Waals surface area contributed by atoms with Gasteiger partial charge in [-0.1, -0.05) is 48.0 Å². The number of urea groups is 1. The molecular formula is C23H18ClN3O4. The van der Waals surface area contributed by atoms with Crippen LogP contribution in [0.25, 0.3) is 0 Å². The van der Waals surface area contributed by atoms with Crippen molar-refractivity contribution in [3.05, 3.63) is 83.9 Å². The first kappa shape index (κ1) is 20.4. The molecule has 0 fully saturated rings. The summed E-state index contributed by atoms with van der Waals surface area (Å²) in [7, 11) is 0. The van der Waals surface area contributed by atoms with Crippen molar-refractivity contribution in [2.45, 2.75) is 12.5 Å². The maximum atomic E-state index is 13.2. The van der Waals surface area contributed by atoms with Crippen LogP contribution >= 0.6 is 11.6 Å². The Balaban J connectivity index is 1.61. The predicted octanol–water partition coefficient (Wildman–Crippen LogP) is 4.69. The molecule has 0 aromatic heterocycles. The molecule has 156 valence electrons. The van der Waals surface area contributed by atoms with Crippen LogP contribution in [-0.4, -0.2) is 23.9 Å². The lowest BCUT2D eigenvalue weighted by molar-refractivity contribution is -0.138. The number of nitrogens with one attached hydrogen (secondary N) is 2. The zero-order valence-corrected chi connectivity index (χ0v) is 17.0. The average Bonchev–Trinajstić information content (AvgIpc) is 2.75. The highest BCUT2D eigenvalue weighted by Gasteiger charge is 2.40. The summed E-state index contributed by atoms with van der Waals surface area (Å²) in [6.45, 7) is 0. The van der Waals surface area contributed by atoms with Gasteiger partial charge < -0.3 is 15.4 Å². The SMILES string of the molecule is O=C(CC1C(=O)Oc2ccccc2N1C(=O)Nc1cccc(Cl)c1)Nc1ccccc1. The van der Waals surface area contributed by atoms with Gasteiger partial charge in [0.25, 0.3) is 0 Å². The van der Waals surface area contributed by atoms with Crippen molar-refractivity contribution in [3.8, 4) is 5.75 Å². The number of ether oxygens (including phenoxy) is 1. The van der Waals surface area contributed by atoms with Gasteiger partial charge in [0.2, 0.25) is 5.91 Å². The van der Waals surface area contributed by atoms with Gasteiger partial charge in [0, 0.05) is 16.4 Å². The zero-order valence-electron chi connectivity index (χ0n) is 16.2. The van der Waals surface area contributed by atoms with Crippen LogP contribution in [0.3, 0.4) is 0 Å². The van der Waals surface area contributed by atoms with Gasteiger partial charge in [-0.2, -0.15) is 0 Å². The number of nitrogens with zero attached hydrogens (tertiary/aromatic N) is 1. The minimum absolute atomic E-state index is 0.244. The minimum Gasteiger partial charge on any atom is -0.423 e. The number of hydrogen-bond donors (Lipinski definition) is 2. The first-order valence-electron chi connectivity index (χ1n) is 9.52. The highest BCUT2D eigenvalue weighted by molar-refractivity contribution is 6.31. The fourth-order valence-electron chi connectivity index (χ4n) is 3.28. The van der Waals surface area contributed by atoms with Crippen LogP contribution < -0.4 is 20.3 Å². The molecule has 4 rings (SSSR count). The van der Waals surface area contributed by atoms with Crippen molar-refractivity contribution in [2.24, 2.45) is 0 Å². The monoisotopic (exact) mass is 435 g/mol. The van der Waals surface area contributed by atoms with E-state index in [-0.39, 0.29) is 12.2 Å². The highest BCUT2D eigenvalue weighted by atomic mass is 35.5. The Morgan fingerprint density at radius 2 is 1.61 bits per heavy atom. The summed E-state index contributed by atoms with van der Waals surface area (Å²) in [5.74, 6) is -0.871. The van der Waals surface area contributed by atoms with E-state index in [1.54, 1.807) is 72.8 Å². The Morgan fingerprint density at radius 3 is 2.39 bits per heavy atom. The summed E-state index contributed by atoms with van der Waals surface area (Å²) >= 11 is 6.00. The molecule has 0 radical (unpaired) electrons. The molecule has 1 aliphatic heterocycles. The molecule has 0 bridgehead atoms. The lowest BCUT2D eigenvalue weighted by atomic mass is 10.1. The van der Waals surface area contributed by atoms with E-state index in [1.165, 1.54) is 4.90 Å². The number of anilines is 3. The maximum absolute atomic E-state index is 13.2. The van der Waals surface area contributed by atoms with Gasteiger partial charge in [-0.3, -0.25) is 9.69 Å². The quantitative estimate of drug-likeness (QED) is 0.459. The Hall–Kier alpha value is -3.84. The standard InChI is InChI=1S/C23H18ClN3O4/c24-15-7-6-10-17(13-15)26-23(30)27-18-11-4-5-12-20(18)31-22(29)19(27)14-21(28)25-16-8-2-1-3-9-16/h1-13,19H,14H2,(H,25,28)(H,26,30). The number of para-hydroxylation sites is 3. The van der Waals surface area contributed by atoms with Gasteiger partial charge in [-0.25, -0.2) is 9.59 Å². The third-order valence-corrected chi connectivity index (χ3v) is 4.89. The molecule has 2 N–H and O–H groups in total. The fraction of sp³-hybridized carbons (Fsp3) is 0.0870.